The summed E-state index contributed by atoms with van der Waals surface area (Å²) in [6.07, 6.45) is 7.41. The molecule has 0 aliphatic carbocycles. The molecule has 0 aliphatic heterocycles. The lowest BCUT2D eigenvalue weighted by atomic mass is 9.94. The standard InChI is InChI=1S/C24H26N4O4S2/c1-24(2,3)20-14-26-22(32-20)7-5-6-21(29)28-23-27-18-9-8-15(11-19(18)33-23)16-10-17(13-25-12-16)34(4,30)31/h8-14H,5-7H2,1-4H3,(H,27,28,29). The Hall–Kier alpha value is -3.11. The van der Waals surface area contributed by atoms with Crippen LogP contribution in [0.25, 0.3) is 21.3 Å². The van der Waals surface area contributed by atoms with Gasteiger partial charge >= 0.3 is 0 Å². The Morgan fingerprint density at radius 2 is 1.91 bits per heavy atom. The number of fused-ring (bicyclic) bond motifs is 1. The number of rotatable bonds is 7. The van der Waals surface area contributed by atoms with Crippen LogP contribution in [0.1, 0.15) is 45.3 Å². The van der Waals surface area contributed by atoms with E-state index in [0.717, 1.165) is 27.8 Å². The van der Waals surface area contributed by atoms with Gasteiger partial charge in [0.25, 0.3) is 0 Å². The highest BCUT2D eigenvalue weighted by Gasteiger charge is 2.19. The van der Waals surface area contributed by atoms with E-state index in [1.165, 1.54) is 17.5 Å². The highest BCUT2D eigenvalue weighted by molar-refractivity contribution is 7.90. The van der Waals surface area contributed by atoms with Crippen molar-refractivity contribution in [2.75, 3.05) is 11.6 Å². The molecule has 0 saturated carbocycles. The van der Waals surface area contributed by atoms with Gasteiger partial charge in [-0.25, -0.2) is 18.4 Å². The predicted molar refractivity (Wildman–Crippen MR) is 133 cm³/mol. The fraction of sp³-hybridized carbons (Fsp3) is 0.333. The van der Waals surface area contributed by atoms with Crippen LogP contribution in [0.5, 0.6) is 0 Å². The monoisotopic (exact) mass is 498 g/mol. The lowest BCUT2D eigenvalue weighted by molar-refractivity contribution is -0.116. The molecule has 34 heavy (non-hydrogen) atoms. The summed E-state index contributed by atoms with van der Waals surface area (Å²) in [7, 11) is -3.35. The van der Waals surface area contributed by atoms with Crippen LogP contribution in [-0.4, -0.2) is 35.5 Å². The maximum Gasteiger partial charge on any atom is 0.226 e. The highest BCUT2D eigenvalue weighted by Crippen LogP contribution is 2.31. The largest absolute Gasteiger partial charge is 0.445 e. The van der Waals surface area contributed by atoms with E-state index in [0.29, 0.717) is 35.8 Å². The molecule has 3 heterocycles. The second kappa shape index (κ2) is 9.27. The molecule has 10 heteroatoms. The first-order chi connectivity index (χ1) is 16.0. The number of amides is 1. The Kier molecular flexibility index (Phi) is 6.55. The first-order valence-corrected chi connectivity index (χ1v) is 13.5. The normalized spacial score (nSPS) is 12.2. The minimum absolute atomic E-state index is 0.0949. The van der Waals surface area contributed by atoms with Gasteiger partial charge in [-0.15, -0.1) is 0 Å². The molecule has 3 aromatic heterocycles. The molecule has 0 saturated heterocycles. The number of pyridine rings is 1. The summed E-state index contributed by atoms with van der Waals surface area (Å²) in [6, 6.07) is 7.23. The van der Waals surface area contributed by atoms with E-state index >= 15 is 0 Å². The SMILES string of the molecule is CC(C)(C)c1cnc(CCCC(=O)Nc2nc3ccc(-c4cncc(S(C)(=O)=O)c4)cc3s2)o1. The number of aromatic nitrogens is 3. The van der Waals surface area contributed by atoms with Gasteiger partial charge in [0.15, 0.2) is 20.9 Å². The molecule has 178 valence electrons. The van der Waals surface area contributed by atoms with Gasteiger partial charge in [0.1, 0.15) is 5.76 Å². The lowest BCUT2D eigenvalue weighted by Gasteiger charge is -2.13. The van der Waals surface area contributed by atoms with E-state index in [1.54, 1.807) is 18.5 Å². The van der Waals surface area contributed by atoms with Gasteiger partial charge in [0, 0.05) is 42.5 Å². The molecule has 0 bridgehead atoms. The van der Waals surface area contributed by atoms with Crippen molar-refractivity contribution < 1.29 is 17.6 Å². The van der Waals surface area contributed by atoms with Gasteiger partial charge in [-0.1, -0.05) is 38.2 Å². The smallest absolute Gasteiger partial charge is 0.226 e. The van der Waals surface area contributed by atoms with Crippen LogP contribution in [-0.2, 0) is 26.5 Å². The van der Waals surface area contributed by atoms with Crippen LogP contribution in [0.4, 0.5) is 5.13 Å². The van der Waals surface area contributed by atoms with E-state index in [2.05, 4.69) is 41.0 Å². The van der Waals surface area contributed by atoms with Crippen molar-refractivity contribution in [1.29, 1.82) is 0 Å². The van der Waals surface area contributed by atoms with Crippen molar-refractivity contribution in [2.24, 2.45) is 0 Å². The zero-order valence-corrected chi connectivity index (χ0v) is 21.1. The van der Waals surface area contributed by atoms with Gasteiger partial charge < -0.3 is 9.73 Å². The van der Waals surface area contributed by atoms with E-state index in [9.17, 15) is 13.2 Å². The molecular formula is C24H26N4O4S2. The molecule has 8 nitrogen and oxygen atoms in total. The molecule has 1 N–H and O–H groups in total. The average molecular weight is 499 g/mol. The number of benzene rings is 1. The first kappa shape index (κ1) is 24.0. The third-order valence-corrected chi connectivity index (χ3v) is 7.21. The second-order valence-electron chi connectivity index (χ2n) is 9.15. The van der Waals surface area contributed by atoms with E-state index in [4.69, 9.17) is 4.42 Å². The van der Waals surface area contributed by atoms with Crippen molar-refractivity contribution in [3.05, 3.63) is 54.5 Å². The maximum atomic E-state index is 12.4. The summed E-state index contributed by atoms with van der Waals surface area (Å²) in [5, 5.41) is 3.38. The fourth-order valence-electron chi connectivity index (χ4n) is 3.29. The third kappa shape index (κ3) is 5.68. The molecule has 0 radical (unpaired) electrons. The summed E-state index contributed by atoms with van der Waals surface area (Å²) < 4.78 is 30.3. The molecular weight excluding hydrogens is 472 g/mol. The van der Waals surface area contributed by atoms with Gasteiger partial charge in [-0.3, -0.25) is 9.78 Å². The number of nitrogens with one attached hydrogen (secondary N) is 1. The molecule has 0 fully saturated rings. The zero-order valence-electron chi connectivity index (χ0n) is 19.5. The summed E-state index contributed by atoms with van der Waals surface area (Å²) in [5.41, 5.74) is 2.19. The number of aryl methyl sites for hydroxylation is 1. The number of carbonyl (C=O) groups excluding carboxylic acids is 1. The van der Waals surface area contributed by atoms with Crippen LogP contribution in [0, 0.1) is 0 Å². The Balaban J connectivity index is 1.39. The minimum Gasteiger partial charge on any atom is -0.445 e. The number of thiazole rings is 1. The first-order valence-electron chi connectivity index (χ1n) is 10.8. The van der Waals surface area contributed by atoms with Crippen LogP contribution >= 0.6 is 11.3 Å². The number of sulfone groups is 1. The van der Waals surface area contributed by atoms with Gasteiger partial charge in [-0.2, -0.15) is 0 Å². The molecule has 0 unspecified atom stereocenters. The minimum atomic E-state index is -3.35. The number of carbonyl (C=O) groups is 1. The van der Waals surface area contributed by atoms with E-state index in [-0.39, 0.29) is 16.2 Å². The number of anilines is 1. The predicted octanol–water partition coefficient (Wildman–Crippen LogP) is 5.01. The number of hydrogen-bond acceptors (Lipinski definition) is 8. The van der Waals surface area contributed by atoms with Crippen LogP contribution in [0.15, 0.2) is 52.2 Å². The summed E-state index contributed by atoms with van der Waals surface area (Å²) in [4.78, 5) is 25.4. The van der Waals surface area contributed by atoms with Crippen molar-refractivity contribution in [2.45, 2.75) is 50.3 Å². The van der Waals surface area contributed by atoms with Gasteiger partial charge in [0.2, 0.25) is 5.91 Å². The molecule has 1 amide bonds. The Bertz CT molecular complexity index is 1450. The van der Waals surface area contributed by atoms with Crippen LogP contribution in [0.2, 0.25) is 0 Å². The third-order valence-electron chi connectivity index (χ3n) is 5.20. The number of oxazole rings is 1. The topological polar surface area (TPSA) is 115 Å². The average Bonchev–Trinajstić information content (AvgIpc) is 3.39. The van der Waals surface area contributed by atoms with E-state index in [1.807, 2.05) is 18.2 Å². The van der Waals surface area contributed by atoms with Crippen molar-refractivity contribution in [1.82, 2.24) is 15.0 Å². The Morgan fingerprint density at radius 1 is 1.12 bits per heavy atom. The summed E-state index contributed by atoms with van der Waals surface area (Å²) in [6.45, 7) is 6.19. The maximum absolute atomic E-state index is 12.4. The van der Waals surface area contributed by atoms with Crippen molar-refractivity contribution in [3.63, 3.8) is 0 Å². The fourth-order valence-corrected chi connectivity index (χ4v) is 4.81. The van der Waals surface area contributed by atoms with Crippen molar-refractivity contribution >= 4 is 42.4 Å². The molecule has 4 rings (SSSR count). The highest BCUT2D eigenvalue weighted by atomic mass is 32.2. The summed E-state index contributed by atoms with van der Waals surface area (Å²) >= 11 is 1.37. The van der Waals surface area contributed by atoms with Crippen LogP contribution < -0.4 is 5.32 Å². The number of hydrogen-bond donors (Lipinski definition) is 1. The molecule has 0 aliphatic rings. The van der Waals surface area contributed by atoms with Crippen molar-refractivity contribution in [3.8, 4) is 11.1 Å². The van der Waals surface area contributed by atoms with Gasteiger partial charge in [-0.05, 0) is 30.2 Å². The quantitative estimate of drug-likeness (QED) is 0.381. The molecule has 0 atom stereocenters. The number of nitrogens with zero attached hydrogens (tertiary/aromatic N) is 3. The Labute approximate surface area is 202 Å². The Morgan fingerprint density at radius 3 is 2.62 bits per heavy atom. The van der Waals surface area contributed by atoms with E-state index < -0.39 is 9.84 Å². The van der Waals surface area contributed by atoms with Gasteiger partial charge in [0.05, 0.1) is 21.3 Å². The molecule has 1 aromatic carbocycles. The second-order valence-corrected chi connectivity index (χ2v) is 12.2. The molecule has 0 spiro atoms. The summed E-state index contributed by atoms with van der Waals surface area (Å²) in [5.74, 6) is 1.35. The molecule has 4 aromatic rings. The van der Waals surface area contributed by atoms with Crippen LogP contribution in [0.3, 0.4) is 0 Å². The lowest BCUT2D eigenvalue weighted by Crippen LogP contribution is -2.11. The zero-order chi connectivity index (χ0) is 24.5.